The quantitative estimate of drug-likeness (QED) is 0.206. The Hall–Kier alpha value is 0.900. The van der Waals surface area contributed by atoms with Crippen molar-refractivity contribution in [2.24, 2.45) is 0 Å². The molecule has 11 heteroatoms. The van der Waals surface area contributed by atoms with Crippen LogP contribution < -0.4 is 12.4 Å². The second-order valence-corrected chi connectivity index (χ2v) is 10.7. The minimum absolute atomic E-state index is 0. The molecule has 0 spiro atoms. The summed E-state index contributed by atoms with van der Waals surface area (Å²) in [6.07, 6.45) is 2.83. The lowest BCUT2D eigenvalue weighted by Crippen LogP contribution is -3.00. The van der Waals surface area contributed by atoms with Gasteiger partial charge in [0.25, 0.3) is 0 Å². The van der Waals surface area contributed by atoms with Gasteiger partial charge >= 0.3 is 15.2 Å². The van der Waals surface area contributed by atoms with Crippen LogP contribution in [0.1, 0.15) is 26.2 Å². The van der Waals surface area contributed by atoms with Crippen LogP contribution in [0.2, 0.25) is 0 Å². The third-order valence-electron chi connectivity index (χ3n) is 4.23. The van der Waals surface area contributed by atoms with Crippen LogP contribution in [0, 0.1) is 0 Å². The Morgan fingerprint density at radius 3 is 1.81 bits per heavy atom. The van der Waals surface area contributed by atoms with Crippen molar-refractivity contribution in [1.29, 1.82) is 0 Å². The Labute approximate surface area is 136 Å². The van der Waals surface area contributed by atoms with Crippen molar-refractivity contribution in [3.8, 4) is 0 Å². The Balaban J connectivity index is 0.00000400. The van der Waals surface area contributed by atoms with E-state index in [1.807, 2.05) is 0 Å². The van der Waals surface area contributed by atoms with E-state index in [-0.39, 0.29) is 19.0 Å². The Morgan fingerprint density at radius 2 is 1.48 bits per heavy atom. The number of quaternary nitrogens is 1. The van der Waals surface area contributed by atoms with E-state index < -0.39 is 20.1 Å². The van der Waals surface area contributed by atoms with Crippen molar-refractivity contribution in [3.05, 3.63) is 0 Å². The Kier molecular flexibility index (Phi) is 7.97. The zero-order valence-corrected chi connectivity index (χ0v) is 15.4. The minimum atomic E-state index is -4.95. The van der Waals surface area contributed by atoms with E-state index in [1.54, 1.807) is 0 Å². The summed E-state index contributed by atoms with van der Waals surface area (Å²) in [6, 6.07) is 0. The number of halogens is 1. The third kappa shape index (κ3) is 4.93. The molecule has 1 fully saturated rings. The first-order valence-electron chi connectivity index (χ1n) is 6.55. The maximum absolute atomic E-state index is 11.7. The second kappa shape index (κ2) is 7.65. The molecule has 0 aliphatic carbocycles. The fourth-order valence-electron chi connectivity index (χ4n) is 2.85. The Bertz CT molecular complexity index is 406. The van der Waals surface area contributed by atoms with E-state index in [0.717, 1.165) is 26.2 Å². The highest BCUT2D eigenvalue weighted by Crippen LogP contribution is 2.69. The highest BCUT2D eigenvalue weighted by atomic mass is 35.5. The molecular weight excluding hydrogens is 360 g/mol. The molecule has 0 saturated carbocycles. The van der Waals surface area contributed by atoms with Gasteiger partial charge in [0.2, 0.25) is 4.90 Å². The van der Waals surface area contributed by atoms with Crippen LogP contribution in [0.4, 0.5) is 0 Å². The van der Waals surface area contributed by atoms with Crippen molar-refractivity contribution in [2.75, 3.05) is 31.9 Å². The molecule has 1 saturated heterocycles. The van der Waals surface area contributed by atoms with Crippen LogP contribution in [0.25, 0.3) is 0 Å². The van der Waals surface area contributed by atoms with Gasteiger partial charge in [0.1, 0.15) is 6.54 Å². The van der Waals surface area contributed by atoms with Crippen LogP contribution in [0.15, 0.2) is 0 Å². The molecule has 21 heavy (non-hydrogen) atoms. The normalized spacial score (nSPS) is 19.9. The lowest BCUT2D eigenvalue weighted by atomic mass is 10.1. The van der Waals surface area contributed by atoms with Gasteiger partial charge in [-0.15, -0.1) is 0 Å². The predicted octanol–water partition coefficient (Wildman–Crippen LogP) is -2.01. The summed E-state index contributed by atoms with van der Waals surface area (Å²) < 4.78 is 23.7. The highest BCUT2D eigenvalue weighted by Gasteiger charge is 2.61. The van der Waals surface area contributed by atoms with Gasteiger partial charge in [0.05, 0.1) is 19.6 Å². The number of piperidine rings is 1. The molecule has 0 radical (unpaired) electrons. The molecule has 1 aliphatic rings. The van der Waals surface area contributed by atoms with Crippen LogP contribution in [0.3, 0.4) is 0 Å². The van der Waals surface area contributed by atoms with Crippen LogP contribution in [0.5, 0.6) is 0 Å². The SMILES string of the molecule is CC(C[N+]1(CCS)CCCCC1)(P(=O)(O)O)P(=O)(O)O.[Cl-]. The number of rotatable bonds is 6. The molecule has 7 nitrogen and oxygen atoms in total. The van der Waals surface area contributed by atoms with E-state index in [4.69, 9.17) is 0 Å². The summed E-state index contributed by atoms with van der Waals surface area (Å²) in [5, 5.41) is 0. The number of hydrogen-bond donors (Lipinski definition) is 5. The highest BCUT2D eigenvalue weighted by molar-refractivity contribution is 7.80. The molecule has 0 bridgehead atoms. The Morgan fingerprint density at radius 1 is 1.05 bits per heavy atom. The molecule has 1 heterocycles. The first kappa shape index (κ1) is 21.9. The summed E-state index contributed by atoms with van der Waals surface area (Å²) in [5.41, 5.74) is 0. The molecule has 128 valence electrons. The molecule has 4 N–H and O–H groups in total. The van der Waals surface area contributed by atoms with Gasteiger partial charge in [-0.05, 0) is 26.2 Å². The lowest BCUT2D eigenvalue weighted by molar-refractivity contribution is -0.930. The molecule has 0 aromatic heterocycles. The number of likely N-dealkylation sites (tertiary alicyclic amines) is 1. The first-order chi connectivity index (χ1) is 8.97. The van der Waals surface area contributed by atoms with Crippen molar-refractivity contribution < 1.29 is 45.6 Å². The number of hydrogen-bond acceptors (Lipinski definition) is 3. The van der Waals surface area contributed by atoms with Gasteiger partial charge in [0, 0.05) is 5.75 Å². The topological polar surface area (TPSA) is 115 Å². The van der Waals surface area contributed by atoms with Crippen molar-refractivity contribution in [1.82, 2.24) is 0 Å². The van der Waals surface area contributed by atoms with Crippen molar-refractivity contribution in [3.63, 3.8) is 0 Å². The summed E-state index contributed by atoms with van der Waals surface area (Å²) in [4.78, 5) is 35.6. The minimum Gasteiger partial charge on any atom is -1.00 e. The number of nitrogens with zero attached hydrogens (tertiary/aromatic N) is 1. The van der Waals surface area contributed by atoms with Gasteiger partial charge < -0.3 is 36.5 Å². The van der Waals surface area contributed by atoms with E-state index in [9.17, 15) is 28.7 Å². The smallest absolute Gasteiger partial charge is 0.349 e. The summed E-state index contributed by atoms with van der Waals surface area (Å²) in [7, 11) is -9.89. The predicted molar refractivity (Wildman–Crippen MR) is 79.9 cm³/mol. The molecule has 0 atom stereocenters. The average Bonchev–Trinajstić information content (AvgIpc) is 2.27. The standard InChI is InChI=1S/C10H23NO6P2S.ClH/c1-10(18(12,13)14,19(15,16)17)9-11(7-8-20)5-3-2-4-6-11;/h2-9H2,1H3,(H4-,12,13,14,15,16,17,20);1H. The molecule has 0 unspecified atom stereocenters. The largest absolute Gasteiger partial charge is 1.00 e. The monoisotopic (exact) mass is 383 g/mol. The van der Waals surface area contributed by atoms with E-state index in [2.05, 4.69) is 12.6 Å². The van der Waals surface area contributed by atoms with Crippen LogP contribution in [-0.4, -0.2) is 60.9 Å². The first-order valence-corrected chi connectivity index (χ1v) is 10.4. The number of thiol groups is 1. The van der Waals surface area contributed by atoms with Crippen LogP contribution >= 0.6 is 27.8 Å². The summed E-state index contributed by atoms with van der Waals surface area (Å²) >= 11 is 4.18. The maximum atomic E-state index is 11.7. The zero-order valence-electron chi connectivity index (χ0n) is 11.9. The molecule has 0 amide bonds. The van der Waals surface area contributed by atoms with E-state index in [1.165, 1.54) is 0 Å². The molecule has 1 aliphatic heterocycles. The third-order valence-corrected chi connectivity index (χ3v) is 8.79. The molecular formula is C10H24ClNO6P2S. The molecule has 0 aromatic rings. The average molecular weight is 384 g/mol. The van der Waals surface area contributed by atoms with Gasteiger partial charge in [-0.25, -0.2) is 0 Å². The maximum Gasteiger partial charge on any atom is 0.349 e. The van der Waals surface area contributed by atoms with Gasteiger partial charge in [0.15, 0.2) is 0 Å². The fraction of sp³-hybridized carbons (Fsp3) is 1.00. The van der Waals surface area contributed by atoms with Gasteiger partial charge in [-0.2, -0.15) is 12.6 Å². The van der Waals surface area contributed by atoms with Crippen molar-refractivity contribution in [2.45, 2.75) is 31.1 Å². The summed E-state index contributed by atoms with van der Waals surface area (Å²) in [5.74, 6) is 0.512. The van der Waals surface area contributed by atoms with Gasteiger partial charge in [-0.1, -0.05) is 0 Å². The second-order valence-electron chi connectivity index (χ2n) is 5.76. The zero-order chi connectivity index (χ0) is 15.7. The van der Waals surface area contributed by atoms with Crippen LogP contribution in [-0.2, 0) is 9.13 Å². The molecule has 1 rings (SSSR count). The molecule has 0 aromatic carbocycles. The van der Waals surface area contributed by atoms with Gasteiger partial charge in [-0.3, -0.25) is 9.13 Å². The summed E-state index contributed by atoms with van der Waals surface area (Å²) in [6.45, 7) is 2.69. The lowest BCUT2D eigenvalue weighted by Gasteiger charge is -2.46. The van der Waals surface area contributed by atoms with E-state index in [0.29, 0.717) is 29.9 Å². The van der Waals surface area contributed by atoms with E-state index >= 15 is 0 Å². The fourth-order valence-corrected chi connectivity index (χ4v) is 5.60. The van der Waals surface area contributed by atoms with Crippen molar-refractivity contribution >= 4 is 27.8 Å².